The zero-order valence-corrected chi connectivity index (χ0v) is 12.5. The molecular formula is C14H19BN2O3. The number of aliphatic hydroxyl groups excluding tert-OH is 1. The summed E-state index contributed by atoms with van der Waals surface area (Å²) >= 11 is 0. The molecule has 0 amide bonds. The average molecular weight is 274 g/mol. The van der Waals surface area contributed by atoms with E-state index in [0.29, 0.717) is 16.7 Å². The van der Waals surface area contributed by atoms with Crippen LogP contribution in [0.1, 0.15) is 51.8 Å². The monoisotopic (exact) mass is 274 g/mol. The van der Waals surface area contributed by atoms with Crippen LogP contribution in [0.15, 0.2) is 12.3 Å². The minimum absolute atomic E-state index is 0.361. The predicted molar refractivity (Wildman–Crippen MR) is 75.3 cm³/mol. The van der Waals surface area contributed by atoms with E-state index in [1.807, 2.05) is 33.8 Å². The standard InChI is InChI=1S/C14H19BN2O3/c1-9(18)11-6-12(17-8-10(11)7-16)15-19-13(2,3)14(4,5)20-15/h6,8-9,18H,1-5H3. The molecule has 6 heteroatoms. The van der Waals surface area contributed by atoms with Gasteiger partial charge >= 0.3 is 7.12 Å². The van der Waals surface area contributed by atoms with E-state index in [0.717, 1.165) is 0 Å². The van der Waals surface area contributed by atoms with E-state index in [4.69, 9.17) is 14.6 Å². The van der Waals surface area contributed by atoms with E-state index in [2.05, 4.69) is 4.98 Å². The van der Waals surface area contributed by atoms with Crippen molar-refractivity contribution >= 4 is 12.7 Å². The second kappa shape index (κ2) is 4.85. The summed E-state index contributed by atoms with van der Waals surface area (Å²) in [5.41, 5.74) is 0.572. The Labute approximate surface area is 119 Å². The predicted octanol–water partition coefficient (Wildman–Crippen LogP) is 1.31. The van der Waals surface area contributed by atoms with Crippen molar-refractivity contribution in [3.63, 3.8) is 0 Å². The third-order valence-electron chi connectivity index (χ3n) is 4.02. The molecule has 0 aliphatic carbocycles. The molecule has 20 heavy (non-hydrogen) atoms. The van der Waals surface area contributed by atoms with Crippen LogP contribution >= 0.6 is 0 Å². The number of aliphatic hydroxyl groups is 1. The van der Waals surface area contributed by atoms with Crippen LogP contribution in [0.3, 0.4) is 0 Å². The summed E-state index contributed by atoms with van der Waals surface area (Å²) < 4.78 is 11.8. The van der Waals surface area contributed by atoms with Crippen molar-refractivity contribution in [2.45, 2.75) is 51.9 Å². The summed E-state index contributed by atoms with van der Waals surface area (Å²) in [7, 11) is -0.592. The Morgan fingerprint density at radius 2 is 1.85 bits per heavy atom. The largest absolute Gasteiger partial charge is 0.514 e. The highest BCUT2D eigenvalue weighted by Gasteiger charge is 2.52. The summed E-state index contributed by atoms with van der Waals surface area (Å²) in [6, 6.07) is 3.70. The molecule has 5 nitrogen and oxygen atoms in total. The van der Waals surface area contributed by atoms with Crippen molar-refractivity contribution in [1.29, 1.82) is 5.26 Å². The lowest BCUT2D eigenvalue weighted by Gasteiger charge is -2.32. The second-order valence-corrected chi connectivity index (χ2v) is 6.07. The maximum Gasteiger partial charge on any atom is 0.514 e. The first-order valence-electron chi connectivity index (χ1n) is 6.61. The van der Waals surface area contributed by atoms with Crippen molar-refractivity contribution in [3.05, 3.63) is 23.4 Å². The molecule has 1 aliphatic rings. The number of hydrogen-bond acceptors (Lipinski definition) is 5. The molecule has 2 rings (SSSR count). The number of rotatable bonds is 2. The van der Waals surface area contributed by atoms with E-state index in [-0.39, 0.29) is 0 Å². The molecule has 1 unspecified atom stereocenters. The smallest absolute Gasteiger partial charge is 0.398 e. The Bertz CT molecular complexity index is 548. The zero-order chi connectivity index (χ0) is 15.1. The van der Waals surface area contributed by atoms with E-state index >= 15 is 0 Å². The van der Waals surface area contributed by atoms with E-state index in [1.165, 1.54) is 6.20 Å². The maximum absolute atomic E-state index is 9.75. The Balaban J connectivity index is 2.37. The minimum atomic E-state index is -0.742. The molecule has 0 saturated carbocycles. The van der Waals surface area contributed by atoms with Crippen LogP contribution in [0.5, 0.6) is 0 Å². The Kier molecular flexibility index (Phi) is 3.63. The van der Waals surface area contributed by atoms with Gasteiger partial charge in [-0.05, 0) is 40.7 Å². The van der Waals surface area contributed by atoms with Crippen LogP contribution in [-0.2, 0) is 9.31 Å². The first kappa shape index (κ1) is 15.0. The van der Waals surface area contributed by atoms with Gasteiger partial charge in [0.1, 0.15) is 6.07 Å². The molecule has 1 aromatic heterocycles. The molecule has 0 bridgehead atoms. The van der Waals surface area contributed by atoms with Crippen LogP contribution < -0.4 is 5.59 Å². The summed E-state index contributed by atoms with van der Waals surface area (Å²) in [6.07, 6.45) is 0.705. The normalized spacial score (nSPS) is 21.6. The van der Waals surface area contributed by atoms with Crippen molar-refractivity contribution in [2.75, 3.05) is 0 Å². The molecule has 106 valence electrons. The van der Waals surface area contributed by atoms with Gasteiger partial charge < -0.3 is 14.4 Å². The van der Waals surface area contributed by atoms with Crippen molar-refractivity contribution < 1.29 is 14.4 Å². The van der Waals surface area contributed by atoms with Gasteiger partial charge in [0.2, 0.25) is 0 Å². The summed E-state index contributed by atoms with van der Waals surface area (Å²) in [5.74, 6) is 0. The van der Waals surface area contributed by atoms with Crippen molar-refractivity contribution in [2.24, 2.45) is 0 Å². The second-order valence-electron chi connectivity index (χ2n) is 6.07. The molecule has 2 heterocycles. The highest BCUT2D eigenvalue weighted by molar-refractivity contribution is 6.61. The molecule has 1 atom stereocenters. The summed E-state index contributed by atoms with van der Waals surface area (Å²) in [4.78, 5) is 4.22. The Hall–Kier alpha value is -1.42. The van der Waals surface area contributed by atoms with Gasteiger partial charge in [0, 0.05) is 11.8 Å². The molecule has 1 fully saturated rings. The Morgan fingerprint density at radius 3 is 2.30 bits per heavy atom. The van der Waals surface area contributed by atoms with Gasteiger partial charge in [0.15, 0.2) is 0 Å². The van der Waals surface area contributed by atoms with Gasteiger partial charge in [-0.25, -0.2) is 0 Å². The molecule has 0 aromatic carbocycles. The lowest BCUT2D eigenvalue weighted by Crippen LogP contribution is -2.41. The average Bonchev–Trinajstić information content (AvgIpc) is 2.57. The van der Waals surface area contributed by atoms with Crippen molar-refractivity contribution in [3.8, 4) is 6.07 Å². The molecular weight excluding hydrogens is 255 g/mol. The molecule has 0 spiro atoms. The Morgan fingerprint density at radius 1 is 1.30 bits per heavy atom. The van der Waals surface area contributed by atoms with Gasteiger partial charge in [0.25, 0.3) is 0 Å². The third-order valence-corrected chi connectivity index (χ3v) is 4.02. The maximum atomic E-state index is 9.75. The fourth-order valence-corrected chi connectivity index (χ4v) is 2.02. The highest BCUT2D eigenvalue weighted by atomic mass is 16.7. The lowest BCUT2D eigenvalue weighted by molar-refractivity contribution is 0.00578. The number of hydrogen-bond donors (Lipinski definition) is 1. The van der Waals surface area contributed by atoms with E-state index in [1.54, 1.807) is 13.0 Å². The zero-order valence-electron chi connectivity index (χ0n) is 12.5. The van der Waals surface area contributed by atoms with E-state index in [9.17, 15) is 5.11 Å². The first-order chi connectivity index (χ1) is 9.18. The molecule has 1 aliphatic heterocycles. The van der Waals surface area contributed by atoms with Crippen LogP contribution in [0.4, 0.5) is 0 Å². The van der Waals surface area contributed by atoms with Crippen LogP contribution in [0, 0.1) is 11.3 Å². The quantitative estimate of drug-likeness (QED) is 0.823. The first-order valence-corrected chi connectivity index (χ1v) is 6.61. The number of aromatic nitrogens is 1. The number of nitriles is 1. The lowest BCUT2D eigenvalue weighted by atomic mass is 9.82. The van der Waals surface area contributed by atoms with Crippen LogP contribution in [-0.4, -0.2) is 28.4 Å². The van der Waals surface area contributed by atoms with Gasteiger partial charge in [-0.2, -0.15) is 5.26 Å². The van der Waals surface area contributed by atoms with Gasteiger partial charge in [-0.15, -0.1) is 0 Å². The molecule has 1 saturated heterocycles. The molecule has 0 radical (unpaired) electrons. The third kappa shape index (κ3) is 2.45. The molecule has 1 aromatic rings. The topological polar surface area (TPSA) is 75.4 Å². The molecule has 1 N–H and O–H groups in total. The van der Waals surface area contributed by atoms with Gasteiger partial charge in [0.05, 0.1) is 28.5 Å². The van der Waals surface area contributed by atoms with Crippen LogP contribution in [0.2, 0.25) is 0 Å². The fourth-order valence-electron chi connectivity index (χ4n) is 2.02. The summed E-state index contributed by atoms with van der Waals surface area (Å²) in [6.45, 7) is 9.47. The van der Waals surface area contributed by atoms with Crippen LogP contribution in [0.25, 0.3) is 0 Å². The van der Waals surface area contributed by atoms with E-state index < -0.39 is 24.4 Å². The van der Waals surface area contributed by atoms with Crippen molar-refractivity contribution in [1.82, 2.24) is 4.98 Å². The minimum Gasteiger partial charge on any atom is -0.398 e. The number of nitrogens with zero attached hydrogens (tertiary/aromatic N) is 2. The number of pyridine rings is 1. The SMILES string of the molecule is CC(O)c1cc(B2OC(C)(C)C(C)(C)O2)ncc1C#N. The summed E-state index contributed by atoms with van der Waals surface area (Å²) in [5, 5.41) is 18.8. The fraction of sp³-hybridized carbons (Fsp3) is 0.571. The van der Waals surface area contributed by atoms with Gasteiger partial charge in [-0.1, -0.05) is 0 Å². The van der Waals surface area contributed by atoms with Gasteiger partial charge in [-0.3, -0.25) is 4.98 Å². The highest BCUT2D eigenvalue weighted by Crippen LogP contribution is 2.36.